The highest BCUT2D eigenvalue weighted by atomic mass is 32.2. The molecular formula is C12H11N3OS. The smallest absolute Gasteiger partial charge is 0.251 e. The fourth-order valence-electron chi connectivity index (χ4n) is 1.32. The molecule has 0 aliphatic carbocycles. The van der Waals surface area contributed by atoms with Gasteiger partial charge in [0.05, 0.1) is 5.56 Å². The van der Waals surface area contributed by atoms with Gasteiger partial charge in [0.25, 0.3) is 5.91 Å². The molecule has 0 aliphatic rings. The Kier molecular flexibility index (Phi) is 3.72. The van der Waals surface area contributed by atoms with E-state index in [1.807, 2.05) is 12.1 Å². The quantitative estimate of drug-likeness (QED) is 0.835. The Bertz CT molecular complexity index is 516. The Morgan fingerprint density at radius 2 is 2.00 bits per heavy atom. The van der Waals surface area contributed by atoms with Crippen LogP contribution in [0.15, 0.2) is 47.9 Å². The van der Waals surface area contributed by atoms with Crippen LogP contribution in [0.3, 0.4) is 0 Å². The second kappa shape index (κ2) is 5.45. The van der Waals surface area contributed by atoms with Crippen LogP contribution in [0.1, 0.15) is 15.9 Å². The third-order valence-electron chi connectivity index (χ3n) is 2.16. The molecule has 0 saturated heterocycles. The third-order valence-corrected chi connectivity index (χ3v) is 3.24. The second-order valence-electron chi connectivity index (χ2n) is 3.36. The van der Waals surface area contributed by atoms with E-state index in [2.05, 4.69) is 9.97 Å². The number of carbonyl (C=O) groups excluding carboxylic acids is 1. The summed E-state index contributed by atoms with van der Waals surface area (Å²) in [5.74, 6) is 0.287. The van der Waals surface area contributed by atoms with Crippen molar-refractivity contribution in [3.05, 3.63) is 54.0 Å². The maximum atomic E-state index is 11.2. The van der Waals surface area contributed by atoms with Gasteiger partial charge in [-0.05, 0) is 29.8 Å². The van der Waals surface area contributed by atoms with Crippen molar-refractivity contribution < 1.29 is 4.79 Å². The lowest BCUT2D eigenvalue weighted by Gasteiger charge is -2.04. The summed E-state index contributed by atoms with van der Waals surface area (Å²) in [6.45, 7) is 0. The molecule has 2 rings (SSSR count). The van der Waals surface area contributed by atoms with Gasteiger partial charge in [-0.25, -0.2) is 4.98 Å². The standard InChI is InChI=1S/C12H11N3OS/c13-11(16)10-2-1-5-15-12(10)17-8-9-3-6-14-7-4-9/h1-7H,8H2,(H2,13,16). The number of pyridine rings is 2. The molecule has 0 saturated carbocycles. The van der Waals surface area contributed by atoms with Crippen molar-refractivity contribution in [2.45, 2.75) is 10.8 Å². The monoisotopic (exact) mass is 245 g/mol. The van der Waals surface area contributed by atoms with E-state index in [0.717, 1.165) is 11.3 Å². The molecule has 0 unspecified atom stereocenters. The number of nitrogens with two attached hydrogens (primary N) is 1. The minimum Gasteiger partial charge on any atom is -0.366 e. The van der Waals surface area contributed by atoms with Crippen LogP contribution < -0.4 is 5.73 Å². The molecule has 2 aromatic heterocycles. The van der Waals surface area contributed by atoms with Crippen LogP contribution >= 0.6 is 11.8 Å². The molecule has 0 spiro atoms. The van der Waals surface area contributed by atoms with Gasteiger partial charge in [-0.2, -0.15) is 0 Å². The first-order valence-corrected chi connectivity index (χ1v) is 6.02. The van der Waals surface area contributed by atoms with Gasteiger partial charge < -0.3 is 5.73 Å². The first-order chi connectivity index (χ1) is 8.27. The van der Waals surface area contributed by atoms with Crippen LogP contribution in [0, 0.1) is 0 Å². The van der Waals surface area contributed by atoms with Crippen molar-refractivity contribution in [2.75, 3.05) is 0 Å². The van der Waals surface area contributed by atoms with E-state index in [1.165, 1.54) is 11.8 Å². The maximum absolute atomic E-state index is 11.2. The highest BCUT2D eigenvalue weighted by molar-refractivity contribution is 7.98. The summed E-state index contributed by atoms with van der Waals surface area (Å²) in [5, 5.41) is 0.664. The van der Waals surface area contributed by atoms with E-state index in [1.54, 1.807) is 30.7 Å². The molecule has 86 valence electrons. The van der Waals surface area contributed by atoms with E-state index in [4.69, 9.17) is 5.73 Å². The molecule has 0 bridgehead atoms. The van der Waals surface area contributed by atoms with Crippen molar-refractivity contribution in [2.24, 2.45) is 5.73 Å². The SMILES string of the molecule is NC(=O)c1cccnc1SCc1ccncc1. The fourth-order valence-corrected chi connectivity index (χ4v) is 2.28. The topological polar surface area (TPSA) is 68.9 Å². The zero-order valence-corrected chi connectivity index (χ0v) is 9.85. The summed E-state index contributed by atoms with van der Waals surface area (Å²) in [6.07, 6.45) is 5.13. The number of nitrogens with zero attached hydrogens (tertiary/aromatic N) is 2. The normalized spacial score (nSPS) is 10.1. The van der Waals surface area contributed by atoms with Crippen LogP contribution in [0.4, 0.5) is 0 Å². The summed E-state index contributed by atoms with van der Waals surface area (Å²) in [7, 11) is 0. The van der Waals surface area contributed by atoms with E-state index in [-0.39, 0.29) is 0 Å². The molecule has 4 nitrogen and oxygen atoms in total. The molecule has 0 aliphatic heterocycles. The molecule has 2 N–H and O–H groups in total. The maximum Gasteiger partial charge on any atom is 0.251 e. The fraction of sp³-hybridized carbons (Fsp3) is 0.0833. The van der Waals surface area contributed by atoms with Gasteiger partial charge in [-0.1, -0.05) is 0 Å². The van der Waals surface area contributed by atoms with Crippen molar-refractivity contribution in [3.63, 3.8) is 0 Å². The highest BCUT2D eigenvalue weighted by Gasteiger charge is 2.08. The molecule has 0 aromatic carbocycles. The number of primary amides is 1. The van der Waals surface area contributed by atoms with Gasteiger partial charge in [0.2, 0.25) is 0 Å². The lowest BCUT2D eigenvalue weighted by molar-refractivity contribution is 0.0997. The first-order valence-electron chi connectivity index (χ1n) is 5.04. The molecule has 2 heterocycles. The zero-order chi connectivity index (χ0) is 12.1. The van der Waals surface area contributed by atoms with Gasteiger partial charge in [-0.15, -0.1) is 11.8 Å². The molecule has 5 heteroatoms. The third kappa shape index (κ3) is 3.04. The second-order valence-corrected chi connectivity index (χ2v) is 4.33. The molecule has 1 amide bonds. The Morgan fingerprint density at radius 3 is 2.71 bits per heavy atom. The van der Waals surface area contributed by atoms with Crippen molar-refractivity contribution in [1.82, 2.24) is 9.97 Å². The lowest BCUT2D eigenvalue weighted by Crippen LogP contribution is -2.12. The number of hydrogen-bond acceptors (Lipinski definition) is 4. The molecule has 0 fully saturated rings. The average molecular weight is 245 g/mol. The van der Waals surface area contributed by atoms with Gasteiger partial charge in [-0.3, -0.25) is 9.78 Å². The Hall–Kier alpha value is -1.88. The van der Waals surface area contributed by atoms with Crippen LogP contribution in [-0.4, -0.2) is 15.9 Å². The summed E-state index contributed by atoms with van der Waals surface area (Å²) < 4.78 is 0. The number of aromatic nitrogens is 2. The van der Waals surface area contributed by atoms with E-state index >= 15 is 0 Å². The van der Waals surface area contributed by atoms with Crippen molar-refractivity contribution in [1.29, 1.82) is 0 Å². The van der Waals surface area contributed by atoms with Gasteiger partial charge >= 0.3 is 0 Å². The molecule has 2 aromatic rings. The first kappa shape index (κ1) is 11.6. The van der Waals surface area contributed by atoms with Gasteiger partial charge in [0.1, 0.15) is 5.03 Å². The highest BCUT2D eigenvalue weighted by Crippen LogP contribution is 2.23. The van der Waals surface area contributed by atoms with Gasteiger partial charge in [0.15, 0.2) is 0 Å². The summed E-state index contributed by atoms with van der Waals surface area (Å²) >= 11 is 1.49. The number of carbonyl (C=O) groups is 1. The molecule has 0 radical (unpaired) electrons. The lowest BCUT2D eigenvalue weighted by atomic mass is 10.3. The zero-order valence-electron chi connectivity index (χ0n) is 9.04. The Balaban J connectivity index is 2.12. The number of amides is 1. The van der Waals surface area contributed by atoms with Crippen LogP contribution in [0.5, 0.6) is 0 Å². The van der Waals surface area contributed by atoms with Crippen molar-refractivity contribution >= 4 is 17.7 Å². The van der Waals surface area contributed by atoms with Crippen molar-refractivity contribution in [3.8, 4) is 0 Å². The summed E-state index contributed by atoms with van der Waals surface area (Å²) in [4.78, 5) is 19.3. The minimum absolute atomic E-state index is 0.449. The molecule has 0 atom stereocenters. The molecule has 17 heavy (non-hydrogen) atoms. The van der Waals surface area contributed by atoms with Crippen LogP contribution in [0.2, 0.25) is 0 Å². The predicted octanol–water partition coefficient (Wildman–Crippen LogP) is 1.87. The van der Waals surface area contributed by atoms with Gasteiger partial charge in [0, 0.05) is 24.3 Å². The summed E-state index contributed by atoms with van der Waals surface area (Å²) in [6, 6.07) is 7.25. The van der Waals surface area contributed by atoms with E-state index < -0.39 is 5.91 Å². The largest absolute Gasteiger partial charge is 0.366 e. The van der Waals surface area contributed by atoms with Crippen LogP contribution in [0.25, 0.3) is 0 Å². The minimum atomic E-state index is -0.449. The Morgan fingerprint density at radius 1 is 1.24 bits per heavy atom. The van der Waals surface area contributed by atoms with Crippen LogP contribution in [-0.2, 0) is 5.75 Å². The average Bonchev–Trinajstić information content (AvgIpc) is 2.38. The van der Waals surface area contributed by atoms with E-state index in [0.29, 0.717) is 10.6 Å². The van der Waals surface area contributed by atoms with E-state index in [9.17, 15) is 4.79 Å². The number of thioether (sulfide) groups is 1. The summed E-state index contributed by atoms with van der Waals surface area (Å²) in [5.41, 5.74) is 6.88. The molecular weight excluding hydrogens is 234 g/mol. The predicted molar refractivity (Wildman–Crippen MR) is 66.6 cm³/mol. The number of rotatable bonds is 4. The number of hydrogen-bond donors (Lipinski definition) is 1. The Labute approximate surface area is 103 Å².